The number of amides is 1. The fraction of sp³-hybridized carbons (Fsp3) is 0.727. The van der Waals surface area contributed by atoms with E-state index in [9.17, 15) is 9.59 Å². The molecule has 1 aromatic heterocycles. The Kier molecular flexibility index (Phi) is 6.96. The van der Waals surface area contributed by atoms with Gasteiger partial charge in [0.15, 0.2) is 11.5 Å². The molecule has 2 fully saturated rings. The van der Waals surface area contributed by atoms with Crippen LogP contribution in [0.1, 0.15) is 63.6 Å². The Bertz CT molecular complexity index is 847. The number of carbonyl (C=O) groups is 2. The third-order valence-corrected chi connectivity index (χ3v) is 7.00. The number of esters is 1. The second-order valence-corrected chi connectivity index (χ2v) is 10.3. The van der Waals surface area contributed by atoms with E-state index in [0.717, 1.165) is 18.5 Å². The average Bonchev–Trinajstić information content (AvgIpc) is 2.99. The van der Waals surface area contributed by atoms with Gasteiger partial charge in [-0.1, -0.05) is 20.8 Å². The van der Waals surface area contributed by atoms with Crippen LogP contribution in [0.2, 0.25) is 0 Å². The van der Waals surface area contributed by atoms with E-state index < -0.39 is 11.4 Å². The highest BCUT2D eigenvalue weighted by atomic mass is 79.9. The van der Waals surface area contributed by atoms with Gasteiger partial charge in [-0.3, -0.25) is 4.79 Å². The zero-order valence-corrected chi connectivity index (χ0v) is 20.8. The number of hydrogen-bond acceptors (Lipinski definition) is 7. The largest absolute Gasteiger partial charge is 0.461 e. The van der Waals surface area contributed by atoms with Gasteiger partial charge >= 0.3 is 5.97 Å². The van der Waals surface area contributed by atoms with Crippen molar-refractivity contribution in [3.8, 4) is 0 Å². The zero-order valence-electron chi connectivity index (χ0n) is 19.2. The normalized spacial score (nSPS) is 23.1. The van der Waals surface area contributed by atoms with E-state index in [0.29, 0.717) is 30.1 Å². The van der Waals surface area contributed by atoms with Gasteiger partial charge in [0.1, 0.15) is 4.60 Å². The van der Waals surface area contributed by atoms with E-state index in [2.05, 4.69) is 36.1 Å². The van der Waals surface area contributed by atoms with Gasteiger partial charge in [-0.25, -0.2) is 14.8 Å². The number of hydrogen-bond donors (Lipinski definition) is 1. The average molecular weight is 497 g/mol. The summed E-state index contributed by atoms with van der Waals surface area (Å²) < 4.78 is 11.7. The van der Waals surface area contributed by atoms with Crippen LogP contribution in [-0.4, -0.2) is 60.3 Å². The van der Waals surface area contributed by atoms with Crippen LogP contribution < -0.4 is 10.2 Å². The molecule has 1 spiro atoms. The predicted octanol–water partition coefficient (Wildman–Crippen LogP) is 3.26. The van der Waals surface area contributed by atoms with Crippen LogP contribution in [0.4, 0.5) is 5.82 Å². The van der Waals surface area contributed by atoms with Crippen LogP contribution in [0.15, 0.2) is 4.60 Å². The van der Waals surface area contributed by atoms with Crippen molar-refractivity contribution >= 4 is 33.6 Å². The highest BCUT2D eigenvalue weighted by Gasteiger charge is 2.51. The maximum atomic E-state index is 12.7. The topological polar surface area (TPSA) is 93.7 Å². The molecule has 0 aromatic carbocycles. The molecule has 9 heteroatoms. The molecule has 0 aliphatic carbocycles. The van der Waals surface area contributed by atoms with Gasteiger partial charge in [0, 0.05) is 23.9 Å². The van der Waals surface area contributed by atoms with Gasteiger partial charge in [0.05, 0.1) is 31.1 Å². The molecule has 2 aliphatic heterocycles. The number of nitrogens with one attached hydrogen (secondary N) is 1. The number of ether oxygens (including phenoxy) is 2. The molecule has 31 heavy (non-hydrogen) atoms. The monoisotopic (exact) mass is 496 g/mol. The van der Waals surface area contributed by atoms with Gasteiger partial charge in [0.25, 0.3) is 0 Å². The number of carbonyl (C=O) groups excluding carboxylic acids is 2. The number of piperidine rings is 1. The smallest absolute Gasteiger partial charge is 0.360 e. The quantitative estimate of drug-likeness (QED) is 0.639. The summed E-state index contributed by atoms with van der Waals surface area (Å²) >= 11 is 3.37. The van der Waals surface area contributed by atoms with Gasteiger partial charge in [-0.15, -0.1) is 0 Å². The molecule has 3 rings (SSSR count). The Morgan fingerprint density at radius 1 is 1.29 bits per heavy atom. The summed E-state index contributed by atoms with van der Waals surface area (Å²) in [6.07, 6.45) is 1.61. The predicted molar refractivity (Wildman–Crippen MR) is 121 cm³/mol. The highest BCUT2D eigenvalue weighted by molar-refractivity contribution is 9.10. The molecule has 0 unspecified atom stereocenters. The summed E-state index contributed by atoms with van der Waals surface area (Å²) in [4.78, 5) is 36.3. The maximum absolute atomic E-state index is 12.7. The molecule has 1 N–H and O–H groups in total. The fourth-order valence-electron chi connectivity index (χ4n) is 4.27. The summed E-state index contributed by atoms with van der Waals surface area (Å²) in [5, 5.41) is 3.26. The van der Waals surface area contributed by atoms with Crippen molar-refractivity contribution in [3.05, 3.63) is 16.0 Å². The lowest BCUT2D eigenvalue weighted by Gasteiger charge is -2.43. The molecule has 2 aliphatic rings. The van der Waals surface area contributed by atoms with Crippen LogP contribution >= 0.6 is 15.9 Å². The molecule has 0 saturated carbocycles. The standard InChI is InChI=1S/C22H33BrN4O4/c1-7-30-19(28)15-18(24-13(2)17(23)25-15)27-10-8-22(9-11-27)12-31-14(3)16(22)26-20(29)21(4,5)6/h14,16H,7-12H2,1-6H3,(H,26,29)/t14-,16+/m0/s1. The number of halogens is 1. The molecule has 1 aromatic rings. The lowest BCUT2D eigenvalue weighted by Crippen LogP contribution is -2.56. The number of aryl methyl sites for hydroxylation is 1. The second-order valence-electron chi connectivity index (χ2n) is 9.56. The number of aromatic nitrogens is 2. The lowest BCUT2D eigenvalue weighted by molar-refractivity contribution is -0.130. The third kappa shape index (κ3) is 4.87. The van der Waals surface area contributed by atoms with Crippen molar-refractivity contribution in [2.45, 2.75) is 66.5 Å². The van der Waals surface area contributed by atoms with Crippen LogP contribution in [0.5, 0.6) is 0 Å². The first-order valence-electron chi connectivity index (χ1n) is 10.9. The van der Waals surface area contributed by atoms with Crippen LogP contribution in [0.3, 0.4) is 0 Å². The van der Waals surface area contributed by atoms with Crippen molar-refractivity contribution in [1.82, 2.24) is 15.3 Å². The molecule has 8 nitrogen and oxygen atoms in total. The van der Waals surface area contributed by atoms with E-state index in [-0.39, 0.29) is 35.8 Å². The molecular weight excluding hydrogens is 464 g/mol. The molecule has 1 amide bonds. The molecule has 0 radical (unpaired) electrons. The molecular formula is C22H33BrN4O4. The summed E-state index contributed by atoms with van der Waals surface area (Å²) in [5.74, 6) is 0.117. The first-order chi connectivity index (χ1) is 14.5. The Balaban J connectivity index is 1.81. The molecule has 0 bridgehead atoms. The van der Waals surface area contributed by atoms with E-state index in [1.165, 1.54) is 0 Å². The fourth-order valence-corrected chi connectivity index (χ4v) is 4.54. The van der Waals surface area contributed by atoms with Gasteiger partial charge in [0.2, 0.25) is 5.91 Å². The van der Waals surface area contributed by atoms with Gasteiger partial charge in [-0.2, -0.15) is 0 Å². The molecule has 2 saturated heterocycles. The van der Waals surface area contributed by atoms with Gasteiger partial charge < -0.3 is 19.7 Å². The Labute approximate surface area is 192 Å². The minimum absolute atomic E-state index is 0.0376. The summed E-state index contributed by atoms with van der Waals surface area (Å²) in [7, 11) is 0. The third-order valence-electron chi connectivity index (χ3n) is 6.25. The zero-order chi connectivity index (χ0) is 23.0. The van der Waals surface area contributed by atoms with Crippen molar-refractivity contribution in [2.75, 3.05) is 31.2 Å². The van der Waals surface area contributed by atoms with Crippen molar-refractivity contribution in [2.24, 2.45) is 10.8 Å². The van der Waals surface area contributed by atoms with E-state index in [1.54, 1.807) is 6.92 Å². The van der Waals surface area contributed by atoms with E-state index in [4.69, 9.17) is 9.47 Å². The number of rotatable bonds is 4. The van der Waals surface area contributed by atoms with Crippen molar-refractivity contribution in [1.29, 1.82) is 0 Å². The van der Waals surface area contributed by atoms with Crippen LogP contribution in [0.25, 0.3) is 0 Å². The van der Waals surface area contributed by atoms with Crippen molar-refractivity contribution in [3.63, 3.8) is 0 Å². The minimum Gasteiger partial charge on any atom is -0.461 e. The van der Waals surface area contributed by atoms with Crippen LogP contribution in [0, 0.1) is 17.8 Å². The second kappa shape index (κ2) is 9.02. The first kappa shape index (κ1) is 23.9. The van der Waals surface area contributed by atoms with Crippen LogP contribution in [-0.2, 0) is 14.3 Å². The Morgan fingerprint density at radius 2 is 1.94 bits per heavy atom. The van der Waals surface area contributed by atoms with Crippen molar-refractivity contribution < 1.29 is 19.1 Å². The summed E-state index contributed by atoms with van der Waals surface area (Å²) in [6.45, 7) is 13.7. The SMILES string of the molecule is CCOC(=O)c1nc(Br)c(C)nc1N1CCC2(CC1)CO[C@@H](C)[C@H]2NC(=O)C(C)(C)C. The summed E-state index contributed by atoms with van der Waals surface area (Å²) in [5.41, 5.74) is 0.363. The molecule has 172 valence electrons. The number of nitrogens with zero attached hydrogens (tertiary/aromatic N) is 3. The summed E-state index contributed by atoms with van der Waals surface area (Å²) in [6, 6.07) is -0.0383. The Hall–Kier alpha value is -1.74. The minimum atomic E-state index is -0.473. The van der Waals surface area contributed by atoms with Gasteiger partial charge in [-0.05, 0) is 49.5 Å². The van der Waals surface area contributed by atoms with E-state index in [1.807, 2.05) is 34.6 Å². The highest BCUT2D eigenvalue weighted by Crippen LogP contribution is 2.43. The Morgan fingerprint density at radius 3 is 2.52 bits per heavy atom. The number of anilines is 1. The first-order valence-corrected chi connectivity index (χ1v) is 11.7. The molecule has 3 heterocycles. The molecule has 2 atom stereocenters. The lowest BCUT2D eigenvalue weighted by atomic mass is 9.72. The van der Waals surface area contributed by atoms with E-state index >= 15 is 0 Å². The maximum Gasteiger partial charge on any atom is 0.360 e.